The smallest absolute Gasteiger partial charge is 0.270 e. The van der Waals surface area contributed by atoms with Gasteiger partial charge in [-0.2, -0.15) is 0 Å². The zero-order valence-corrected chi connectivity index (χ0v) is 13.6. The number of amides is 1. The van der Waals surface area contributed by atoms with E-state index in [1.807, 2.05) is 12.3 Å². The second-order valence-corrected chi connectivity index (χ2v) is 5.88. The molecule has 2 rings (SSSR count). The van der Waals surface area contributed by atoms with Crippen LogP contribution in [0.25, 0.3) is 0 Å². The Morgan fingerprint density at radius 1 is 1.35 bits per heavy atom. The first-order valence-corrected chi connectivity index (χ1v) is 7.61. The van der Waals surface area contributed by atoms with E-state index in [2.05, 4.69) is 20.5 Å². The summed E-state index contributed by atoms with van der Waals surface area (Å²) in [7, 11) is 3.28. The monoisotopic (exact) mass is 344 g/mol. The van der Waals surface area contributed by atoms with Gasteiger partial charge < -0.3 is 18.9 Å². The largest absolute Gasteiger partial charge is 0.383 e. The lowest BCUT2D eigenvalue weighted by atomic mass is 10.3. The van der Waals surface area contributed by atoms with Crippen LogP contribution in [0.1, 0.15) is 29.4 Å². The molecule has 0 aromatic carbocycles. The number of aromatic nitrogens is 1. The van der Waals surface area contributed by atoms with Crippen molar-refractivity contribution in [2.45, 2.75) is 18.9 Å². The van der Waals surface area contributed by atoms with Crippen LogP contribution in [0.5, 0.6) is 0 Å². The summed E-state index contributed by atoms with van der Waals surface area (Å²) in [6.45, 7) is 2.21. The second kappa shape index (κ2) is 7.24. The Kier molecular flexibility index (Phi) is 5.63. The lowest BCUT2D eigenvalue weighted by Crippen LogP contribution is -2.37. The molecule has 112 valence electrons. The van der Waals surface area contributed by atoms with E-state index >= 15 is 0 Å². The van der Waals surface area contributed by atoms with E-state index in [0.717, 1.165) is 23.0 Å². The average molecular weight is 345 g/mol. The standard InChI is InChI=1S/C14H21BrN2O3/c1-19-7-5-16(6-8-20-2)14(18)13-9-11(15)10-17(13)12-3-4-12/h9-10,12H,3-8H2,1-2H3. The Morgan fingerprint density at radius 2 is 1.95 bits per heavy atom. The highest BCUT2D eigenvalue weighted by Gasteiger charge is 2.29. The second-order valence-electron chi connectivity index (χ2n) is 4.96. The molecule has 1 fully saturated rings. The molecule has 0 saturated heterocycles. The minimum absolute atomic E-state index is 0.0386. The molecular formula is C14H21BrN2O3. The number of ether oxygens (including phenoxy) is 2. The molecule has 0 aliphatic heterocycles. The van der Waals surface area contributed by atoms with Crippen LogP contribution in [-0.4, -0.2) is 55.9 Å². The number of methoxy groups -OCH3 is 2. The van der Waals surface area contributed by atoms with Crippen molar-refractivity contribution >= 4 is 21.8 Å². The summed E-state index contributed by atoms with van der Waals surface area (Å²) < 4.78 is 13.2. The van der Waals surface area contributed by atoms with Crippen molar-refractivity contribution in [1.29, 1.82) is 0 Å². The van der Waals surface area contributed by atoms with Crippen LogP contribution in [-0.2, 0) is 9.47 Å². The van der Waals surface area contributed by atoms with Gasteiger partial charge in [0.25, 0.3) is 5.91 Å². The maximum atomic E-state index is 12.7. The average Bonchev–Trinajstić information content (AvgIpc) is 3.21. The first kappa shape index (κ1) is 15.5. The first-order chi connectivity index (χ1) is 9.67. The number of carbonyl (C=O) groups excluding carboxylic acids is 1. The van der Waals surface area contributed by atoms with Gasteiger partial charge >= 0.3 is 0 Å². The Morgan fingerprint density at radius 3 is 2.45 bits per heavy atom. The van der Waals surface area contributed by atoms with Crippen molar-refractivity contribution in [3.8, 4) is 0 Å². The van der Waals surface area contributed by atoms with Crippen LogP contribution in [0, 0.1) is 0 Å². The van der Waals surface area contributed by atoms with Gasteiger partial charge in [0.2, 0.25) is 0 Å². The van der Waals surface area contributed by atoms with E-state index < -0.39 is 0 Å². The van der Waals surface area contributed by atoms with Gasteiger partial charge in [-0.3, -0.25) is 4.79 Å². The van der Waals surface area contributed by atoms with Crippen LogP contribution < -0.4 is 0 Å². The fourth-order valence-electron chi connectivity index (χ4n) is 2.15. The highest BCUT2D eigenvalue weighted by Crippen LogP contribution is 2.37. The molecule has 0 radical (unpaired) electrons. The summed E-state index contributed by atoms with van der Waals surface area (Å²) in [5, 5.41) is 0. The zero-order chi connectivity index (χ0) is 14.5. The molecule has 1 heterocycles. The van der Waals surface area contributed by atoms with Gasteiger partial charge in [-0.25, -0.2) is 0 Å². The quantitative estimate of drug-likeness (QED) is 0.726. The normalized spacial score (nSPS) is 14.6. The number of rotatable bonds is 8. The first-order valence-electron chi connectivity index (χ1n) is 6.82. The Balaban J connectivity index is 2.12. The zero-order valence-electron chi connectivity index (χ0n) is 12.0. The fraction of sp³-hybridized carbons (Fsp3) is 0.643. The molecule has 0 N–H and O–H groups in total. The molecule has 1 aromatic heterocycles. The van der Waals surface area contributed by atoms with Crippen molar-refractivity contribution < 1.29 is 14.3 Å². The fourth-order valence-corrected chi connectivity index (χ4v) is 2.59. The lowest BCUT2D eigenvalue weighted by molar-refractivity contribution is 0.0617. The van der Waals surface area contributed by atoms with E-state index in [-0.39, 0.29) is 5.91 Å². The predicted molar refractivity (Wildman–Crippen MR) is 80.1 cm³/mol. The molecule has 0 atom stereocenters. The van der Waals surface area contributed by atoms with Crippen LogP contribution >= 0.6 is 15.9 Å². The third kappa shape index (κ3) is 3.84. The Bertz CT molecular complexity index is 449. The van der Waals surface area contributed by atoms with E-state index in [4.69, 9.17) is 9.47 Å². The molecule has 0 bridgehead atoms. The topological polar surface area (TPSA) is 43.7 Å². The molecule has 1 aliphatic rings. The third-order valence-corrected chi connectivity index (χ3v) is 3.83. The molecule has 5 nitrogen and oxygen atoms in total. The summed E-state index contributed by atoms with van der Waals surface area (Å²) in [5.41, 5.74) is 0.742. The van der Waals surface area contributed by atoms with Gasteiger partial charge in [-0.05, 0) is 34.8 Å². The van der Waals surface area contributed by atoms with Gasteiger partial charge in [-0.1, -0.05) is 0 Å². The molecular weight excluding hydrogens is 324 g/mol. The number of hydrogen-bond donors (Lipinski definition) is 0. The molecule has 1 amide bonds. The van der Waals surface area contributed by atoms with E-state index in [0.29, 0.717) is 32.3 Å². The number of carbonyl (C=O) groups is 1. The van der Waals surface area contributed by atoms with Gasteiger partial charge in [0.1, 0.15) is 5.69 Å². The van der Waals surface area contributed by atoms with Crippen LogP contribution in [0.15, 0.2) is 16.7 Å². The SMILES string of the molecule is COCCN(CCOC)C(=O)c1cc(Br)cn1C1CC1. The molecule has 1 aliphatic carbocycles. The summed E-state index contributed by atoms with van der Waals surface area (Å²) in [6.07, 6.45) is 4.30. The Hall–Kier alpha value is -0.850. The highest BCUT2D eigenvalue weighted by atomic mass is 79.9. The van der Waals surface area contributed by atoms with Crippen molar-refractivity contribution in [2.75, 3.05) is 40.5 Å². The van der Waals surface area contributed by atoms with Crippen molar-refractivity contribution in [3.63, 3.8) is 0 Å². The number of halogens is 1. The summed E-state index contributed by atoms with van der Waals surface area (Å²) in [4.78, 5) is 14.5. The van der Waals surface area contributed by atoms with E-state index in [9.17, 15) is 4.79 Å². The van der Waals surface area contributed by atoms with Crippen molar-refractivity contribution in [3.05, 3.63) is 22.4 Å². The summed E-state index contributed by atoms with van der Waals surface area (Å²) in [5.74, 6) is 0.0386. The molecule has 0 unspecified atom stereocenters. The van der Waals surface area contributed by atoms with Crippen LogP contribution in [0.2, 0.25) is 0 Å². The predicted octanol–water partition coefficient (Wildman–Crippen LogP) is 2.32. The van der Waals surface area contributed by atoms with Crippen molar-refractivity contribution in [1.82, 2.24) is 9.47 Å². The number of hydrogen-bond acceptors (Lipinski definition) is 3. The number of nitrogens with zero attached hydrogens (tertiary/aromatic N) is 2. The molecule has 0 spiro atoms. The van der Waals surface area contributed by atoms with Gasteiger partial charge in [0.15, 0.2) is 0 Å². The third-order valence-electron chi connectivity index (χ3n) is 3.39. The van der Waals surface area contributed by atoms with Crippen molar-refractivity contribution in [2.24, 2.45) is 0 Å². The van der Waals surface area contributed by atoms with E-state index in [1.54, 1.807) is 19.1 Å². The lowest BCUT2D eigenvalue weighted by Gasteiger charge is -2.22. The molecule has 6 heteroatoms. The summed E-state index contributed by atoms with van der Waals surface area (Å²) in [6, 6.07) is 2.37. The van der Waals surface area contributed by atoms with Gasteiger partial charge in [0, 0.05) is 44.0 Å². The van der Waals surface area contributed by atoms with Gasteiger partial charge in [-0.15, -0.1) is 0 Å². The van der Waals surface area contributed by atoms with E-state index in [1.165, 1.54) is 0 Å². The van der Waals surface area contributed by atoms with Crippen LogP contribution in [0.3, 0.4) is 0 Å². The minimum atomic E-state index is 0.0386. The summed E-state index contributed by atoms with van der Waals surface area (Å²) >= 11 is 3.46. The minimum Gasteiger partial charge on any atom is -0.383 e. The molecule has 1 saturated carbocycles. The maximum Gasteiger partial charge on any atom is 0.270 e. The maximum absolute atomic E-state index is 12.7. The Labute approximate surface area is 128 Å². The molecule has 1 aromatic rings. The highest BCUT2D eigenvalue weighted by molar-refractivity contribution is 9.10. The van der Waals surface area contributed by atoms with Gasteiger partial charge in [0.05, 0.1) is 13.2 Å². The molecule has 20 heavy (non-hydrogen) atoms. The van der Waals surface area contributed by atoms with Crippen LogP contribution in [0.4, 0.5) is 0 Å².